The lowest BCUT2D eigenvalue weighted by Gasteiger charge is -2.04. The minimum Gasteiger partial charge on any atom is -0.434 e. The summed E-state index contributed by atoms with van der Waals surface area (Å²) < 4.78 is 30.6. The van der Waals surface area contributed by atoms with Gasteiger partial charge in [-0.1, -0.05) is 6.92 Å². The fourth-order valence-electron chi connectivity index (χ4n) is 0.704. The van der Waals surface area contributed by atoms with Crippen molar-refractivity contribution < 1.29 is 22.7 Å². The van der Waals surface area contributed by atoms with E-state index in [1.807, 2.05) is 6.92 Å². The Morgan fingerprint density at radius 1 is 1.21 bits per heavy atom. The molecule has 0 saturated heterocycles. The topological polar surface area (TPSA) is 69.7 Å². The van der Waals surface area contributed by atoms with Crippen LogP contribution in [-0.2, 0) is 19.3 Å². The average Bonchev–Trinajstić information content (AvgIpc) is 2.07. The third-order valence-corrected chi connectivity index (χ3v) is 2.33. The first-order valence-electron chi connectivity index (χ1n) is 4.43. The van der Waals surface area contributed by atoms with Crippen molar-refractivity contribution in [1.29, 1.82) is 0 Å². The van der Waals surface area contributed by atoms with Crippen molar-refractivity contribution in [3.8, 4) is 0 Å². The molecule has 6 heteroatoms. The van der Waals surface area contributed by atoms with Crippen molar-refractivity contribution in [2.24, 2.45) is 0 Å². The SMILES string of the molecule is CCCOC(=O)OCCCS(C)(=O)=O. The standard InChI is InChI=1S/C8H16O5S/c1-3-5-12-8(9)13-6-4-7-14(2,10)11/h3-7H2,1-2H3. The Kier molecular flexibility index (Phi) is 6.27. The van der Waals surface area contributed by atoms with Crippen LogP contribution in [0.3, 0.4) is 0 Å². The van der Waals surface area contributed by atoms with Gasteiger partial charge in [0.2, 0.25) is 0 Å². The maximum Gasteiger partial charge on any atom is 0.508 e. The summed E-state index contributed by atoms with van der Waals surface area (Å²) in [6, 6.07) is 0. The lowest BCUT2D eigenvalue weighted by Crippen LogP contribution is -2.12. The van der Waals surface area contributed by atoms with E-state index in [9.17, 15) is 13.2 Å². The zero-order valence-corrected chi connectivity index (χ0v) is 9.30. The molecule has 0 amide bonds. The third-order valence-electron chi connectivity index (χ3n) is 1.30. The quantitative estimate of drug-likeness (QED) is 0.497. The van der Waals surface area contributed by atoms with Crippen LogP contribution in [0.4, 0.5) is 4.79 Å². The minimum absolute atomic E-state index is 0.0219. The van der Waals surface area contributed by atoms with E-state index in [2.05, 4.69) is 9.47 Å². The van der Waals surface area contributed by atoms with E-state index in [0.717, 1.165) is 12.7 Å². The molecule has 0 fully saturated rings. The van der Waals surface area contributed by atoms with Gasteiger partial charge in [-0.05, 0) is 12.8 Å². The molecule has 0 aromatic rings. The minimum atomic E-state index is -2.97. The van der Waals surface area contributed by atoms with Crippen LogP contribution >= 0.6 is 0 Å². The van der Waals surface area contributed by atoms with Gasteiger partial charge in [-0.25, -0.2) is 13.2 Å². The van der Waals surface area contributed by atoms with Crippen molar-refractivity contribution >= 4 is 16.0 Å². The van der Waals surface area contributed by atoms with Gasteiger partial charge in [0.1, 0.15) is 9.84 Å². The lowest BCUT2D eigenvalue weighted by atomic mass is 10.5. The molecule has 0 aromatic carbocycles. The molecule has 0 saturated carbocycles. The fourth-order valence-corrected chi connectivity index (χ4v) is 1.35. The molecule has 0 aromatic heterocycles. The molecule has 0 spiro atoms. The first kappa shape index (κ1) is 13.2. The van der Waals surface area contributed by atoms with E-state index in [1.165, 1.54) is 0 Å². The summed E-state index contributed by atoms with van der Waals surface area (Å²) in [6.07, 6.45) is 1.45. The van der Waals surface area contributed by atoms with Crippen LogP contribution in [-0.4, -0.2) is 39.8 Å². The van der Waals surface area contributed by atoms with Gasteiger partial charge in [0.25, 0.3) is 0 Å². The summed E-state index contributed by atoms with van der Waals surface area (Å²) >= 11 is 0. The molecule has 0 aliphatic heterocycles. The highest BCUT2D eigenvalue weighted by Gasteiger charge is 2.05. The van der Waals surface area contributed by atoms with Crippen molar-refractivity contribution in [2.75, 3.05) is 25.2 Å². The molecule has 0 rings (SSSR count). The van der Waals surface area contributed by atoms with E-state index < -0.39 is 16.0 Å². The molecule has 0 heterocycles. The van der Waals surface area contributed by atoms with E-state index in [-0.39, 0.29) is 12.4 Å². The van der Waals surface area contributed by atoms with Crippen LogP contribution in [0.2, 0.25) is 0 Å². The van der Waals surface area contributed by atoms with Crippen LogP contribution in [0.15, 0.2) is 0 Å². The highest BCUT2D eigenvalue weighted by atomic mass is 32.2. The number of hydrogen-bond donors (Lipinski definition) is 0. The maximum absolute atomic E-state index is 10.7. The van der Waals surface area contributed by atoms with Gasteiger partial charge < -0.3 is 9.47 Å². The third kappa shape index (κ3) is 9.31. The second kappa shape index (κ2) is 6.64. The Labute approximate surface area is 84.3 Å². The van der Waals surface area contributed by atoms with Gasteiger partial charge >= 0.3 is 6.16 Å². The summed E-state index contributed by atoms with van der Waals surface area (Å²) in [5.41, 5.74) is 0. The van der Waals surface area contributed by atoms with Gasteiger partial charge in [-0.2, -0.15) is 0 Å². The lowest BCUT2D eigenvalue weighted by molar-refractivity contribution is 0.0556. The predicted octanol–water partition coefficient (Wildman–Crippen LogP) is 0.984. The number of carbonyl (C=O) groups is 1. The molecule has 0 aliphatic rings. The number of ether oxygens (including phenoxy) is 2. The van der Waals surface area contributed by atoms with Gasteiger partial charge in [0.05, 0.1) is 19.0 Å². The van der Waals surface area contributed by atoms with Crippen LogP contribution in [0.25, 0.3) is 0 Å². The van der Waals surface area contributed by atoms with E-state index in [4.69, 9.17) is 0 Å². The normalized spacial score (nSPS) is 11.0. The summed E-state index contributed by atoms with van der Waals surface area (Å²) in [4.78, 5) is 10.7. The summed E-state index contributed by atoms with van der Waals surface area (Å²) in [6.45, 7) is 2.28. The highest BCUT2D eigenvalue weighted by molar-refractivity contribution is 7.90. The average molecular weight is 224 g/mol. The zero-order valence-electron chi connectivity index (χ0n) is 8.49. The molecule has 0 unspecified atom stereocenters. The Bertz CT molecular complexity index is 257. The largest absolute Gasteiger partial charge is 0.508 e. The van der Waals surface area contributed by atoms with Crippen molar-refractivity contribution in [2.45, 2.75) is 19.8 Å². The smallest absolute Gasteiger partial charge is 0.434 e. The van der Waals surface area contributed by atoms with Gasteiger partial charge in [0, 0.05) is 6.26 Å². The summed E-state index contributed by atoms with van der Waals surface area (Å²) in [7, 11) is -2.97. The van der Waals surface area contributed by atoms with Crippen LogP contribution in [0.1, 0.15) is 19.8 Å². The molecule has 0 bridgehead atoms. The monoisotopic (exact) mass is 224 g/mol. The Hall–Kier alpha value is -0.780. The highest BCUT2D eigenvalue weighted by Crippen LogP contribution is 1.93. The maximum atomic E-state index is 10.7. The number of carbonyl (C=O) groups excluding carboxylic acids is 1. The zero-order chi connectivity index (χ0) is 11.0. The Balaban J connectivity index is 3.41. The summed E-state index contributed by atoms with van der Waals surface area (Å²) in [5, 5.41) is 0. The molecule has 0 radical (unpaired) electrons. The molecule has 0 atom stereocenters. The number of hydrogen-bond acceptors (Lipinski definition) is 5. The van der Waals surface area contributed by atoms with E-state index in [1.54, 1.807) is 0 Å². The van der Waals surface area contributed by atoms with Crippen molar-refractivity contribution in [1.82, 2.24) is 0 Å². The van der Waals surface area contributed by atoms with E-state index in [0.29, 0.717) is 13.0 Å². The predicted molar refractivity (Wildman–Crippen MR) is 51.9 cm³/mol. The van der Waals surface area contributed by atoms with E-state index >= 15 is 0 Å². The van der Waals surface area contributed by atoms with Gasteiger partial charge in [0.15, 0.2) is 0 Å². The number of rotatable bonds is 6. The molecular formula is C8H16O5S. The first-order chi connectivity index (χ1) is 6.45. The Morgan fingerprint density at radius 2 is 1.79 bits per heavy atom. The first-order valence-corrected chi connectivity index (χ1v) is 6.49. The summed E-state index contributed by atoms with van der Waals surface area (Å²) in [5.74, 6) is 0.0219. The molecule has 0 aliphatic carbocycles. The molecule has 14 heavy (non-hydrogen) atoms. The molecule has 84 valence electrons. The van der Waals surface area contributed by atoms with Crippen LogP contribution in [0.5, 0.6) is 0 Å². The van der Waals surface area contributed by atoms with Crippen LogP contribution in [0, 0.1) is 0 Å². The van der Waals surface area contributed by atoms with Gasteiger partial charge in [-0.15, -0.1) is 0 Å². The molecule has 0 N–H and O–H groups in total. The fraction of sp³-hybridized carbons (Fsp3) is 0.875. The molecular weight excluding hydrogens is 208 g/mol. The van der Waals surface area contributed by atoms with Crippen LogP contribution < -0.4 is 0 Å². The van der Waals surface area contributed by atoms with Crippen molar-refractivity contribution in [3.63, 3.8) is 0 Å². The number of sulfone groups is 1. The molecule has 5 nitrogen and oxygen atoms in total. The van der Waals surface area contributed by atoms with Gasteiger partial charge in [-0.3, -0.25) is 0 Å². The van der Waals surface area contributed by atoms with Crippen molar-refractivity contribution in [3.05, 3.63) is 0 Å². The Morgan fingerprint density at radius 3 is 2.29 bits per heavy atom. The second-order valence-corrected chi connectivity index (χ2v) is 5.19. The second-order valence-electron chi connectivity index (χ2n) is 2.93.